The van der Waals surface area contributed by atoms with E-state index in [0.717, 1.165) is 24.5 Å². The lowest BCUT2D eigenvalue weighted by Crippen LogP contribution is -2.34. The quantitative estimate of drug-likeness (QED) is 0.472. The van der Waals surface area contributed by atoms with Gasteiger partial charge in [0, 0.05) is 25.4 Å². The second kappa shape index (κ2) is 10.8. The first-order valence-electron chi connectivity index (χ1n) is 4.97. The minimum Gasteiger partial charge on any atom is -0.396 e. The zero-order chi connectivity index (χ0) is 10.6. The lowest BCUT2D eigenvalue weighted by Gasteiger charge is -2.04. The number of likely N-dealkylation sites (N-methyl/N-ethyl adjacent to an activating group) is 1. The summed E-state index contributed by atoms with van der Waals surface area (Å²) in [5.74, 6) is 2.02. The Morgan fingerprint density at radius 3 is 2.86 bits per heavy atom. The van der Waals surface area contributed by atoms with Crippen LogP contribution in [0.4, 0.5) is 0 Å². The molecule has 0 radical (unpaired) electrons. The molecule has 0 unspecified atom stereocenters. The maximum absolute atomic E-state index is 11.0. The first-order valence-corrected chi connectivity index (χ1v) is 6.12. The number of amides is 1. The van der Waals surface area contributed by atoms with Gasteiger partial charge < -0.3 is 15.7 Å². The summed E-state index contributed by atoms with van der Waals surface area (Å²) < 4.78 is 0. The minimum absolute atomic E-state index is 0.0489. The predicted molar refractivity (Wildman–Crippen MR) is 60.6 cm³/mol. The molecule has 4 nitrogen and oxygen atoms in total. The van der Waals surface area contributed by atoms with Crippen LogP contribution in [-0.4, -0.2) is 48.8 Å². The van der Waals surface area contributed by atoms with Crippen molar-refractivity contribution in [3.8, 4) is 0 Å². The number of nitrogens with one attached hydrogen (secondary N) is 2. The molecule has 5 heteroatoms. The number of thioether (sulfide) groups is 1. The average molecular weight is 220 g/mol. The third kappa shape index (κ3) is 9.83. The number of carbonyl (C=O) groups excluding carboxylic acids is 1. The first-order chi connectivity index (χ1) is 6.81. The molecule has 1 amide bonds. The van der Waals surface area contributed by atoms with E-state index in [1.807, 2.05) is 6.92 Å². The highest BCUT2D eigenvalue weighted by Crippen LogP contribution is 1.99. The fourth-order valence-electron chi connectivity index (χ4n) is 0.875. The number of rotatable bonds is 9. The molecule has 0 atom stereocenters. The van der Waals surface area contributed by atoms with Crippen LogP contribution >= 0.6 is 11.8 Å². The Morgan fingerprint density at radius 1 is 1.43 bits per heavy atom. The molecule has 0 heterocycles. The maximum Gasteiger partial charge on any atom is 0.233 e. The van der Waals surface area contributed by atoms with Gasteiger partial charge in [0.25, 0.3) is 0 Å². The number of hydrogen-bond acceptors (Lipinski definition) is 4. The van der Waals surface area contributed by atoms with Crippen LogP contribution in [0, 0.1) is 0 Å². The molecule has 0 rings (SSSR count). The molecule has 0 aromatic rings. The van der Waals surface area contributed by atoms with E-state index in [9.17, 15) is 4.79 Å². The van der Waals surface area contributed by atoms with Gasteiger partial charge in [-0.1, -0.05) is 0 Å². The Hall–Kier alpha value is -0.260. The molecular formula is C9H20N2O2S. The van der Waals surface area contributed by atoms with Crippen molar-refractivity contribution in [3.05, 3.63) is 0 Å². The zero-order valence-corrected chi connectivity index (χ0v) is 9.53. The number of aliphatic hydroxyl groups excluding tert-OH is 1. The second-order valence-corrected chi connectivity index (χ2v) is 4.04. The number of aliphatic hydroxyl groups is 1. The Labute approximate surface area is 89.8 Å². The van der Waals surface area contributed by atoms with E-state index in [2.05, 4.69) is 10.6 Å². The first kappa shape index (κ1) is 13.7. The smallest absolute Gasteiger partial charge is 0.233 e. The van der Waals surface area contributed by atoms with Gasteiger partial charge in [-0.15, -0.1) is 0 Å². The predicted octanol–water partition coefficient (Wildman–Crippen LogP) is -0.172. The number of hydrogen-bond donors (Lipinski definition) is 3. The molecule has 0 aromatic heterocycles. The van der Waals surface area contributed by atoms with E-state index in [1.165, 1.54) is 0 Å². The van der Waals surface area contributed by atoms with Crippen molar-refractivity contribution >= 4 is 17.7 Å². The zero-order valence-electron chi connectivity index (χ0n) is 8.71. The van der Waals surface area contributed by atoms with E-state index in [0.29, 0.717) is 13.1 Å². The van der Waals surface area contributed by atoms with Crippen molar-refractivity contribution in [1.82, 2.24) is 10.6 Å². The summed E-state index contributed by atoms with van der Waals surface area (Å²) in [7, 11) is 0. The van der Waals surface area contributed by atoms with Crippen LogP contribution < -0.4 is 10.6 Å². The Kier molecular flexibility index (Phi) is 10.6. The summed E-state index contributed by atoms with van der Waals surface area (Å²) in [6, 6.07) is 0. The van der Waals surface area contributed by atoms with Crippen molar-refractivity contribution in [2.75, 3.05) is 37.7 Å². The van der Waals surface area contributed by atoms with Crippen LogP contribution in [0.2, 0.25) is 0 Å². The molecule has 3 N–H and O–H groups in total. The summed E-state index contributed by atoms with van der Waals surface area (Å²) in [5.41, 5.74) is 0. The van der Waals surface area contributed by atoms with Crippen molar-refractivity contribution < 1.29 is 9.90 Å². The molecule has 84 valence electrons. The van der Waals surface area contributed by atoms with E-state index in [4.69, 9.17) is 5.11 Å². The van der Waals surface area contributed by atoms with Crippen LogP contribution in [-0.2, 0) is 4.79 Å². The molecule has 0 saturated carbocycles. The maximum atomic E-state index is 11.0. The molecule has 0 bridgehead atoms. The van der Waals surface area contributed by atoms with E-state index in [-0.39, 0.29) is 12.5 Å². The molecule has 0 saturated heterocycles. The monoisotopic (exact) mass is 220 g/mol. The Bertz CT molecular complexity index is 145. The molecular weight excluding hydrogens is 200 g/mol. The van der Waals surface area contributed by atoms with Gasteiger partial charge in [0.15, 0.2) is 0 Å². The van der Waals surface area contributed by atoms with Gasteiger partial charge in [-0.3, -0.25) is 4.79 Å². The van der Waals surface area contributed by atoms with E-state index in [1.54, 1.807) is 11.8 Å². The average Bonchev–Trinajstić information content (AvgIpc) is 2.17. The normalized spacial score (nSPS) is 10.1. The summed E-state index contributed by atoms with van der Waals surface area (Å²) in [4.78, 5) is 11.0. The topological polar surface area (TPSA) is 61.4 Å². The molecule has 0 spiro atoms. The van der Waals surface area contributed by atoms with Gasteiger partial charge >= 0.3 is 0 Å². The van der Waals surface area contributed by atoms with Gasteiger partial charge in [-0.25, -0.2) is 0 Å². The van der Waals surface area contributed by atoms with Crippen molar-refractivity contribution in [2.45, 2.75) is 13.3 Å². The van der Waals surface area contributed by atoms with Gasteiger partial charge in [0.05, 0.1) is 6.54 Å². The molecule has 0 aromatic carbocycles. The van der Waals surface area contributed by atoms with Crippen molar-refractivity contribution in [3.63, 3.8) is 0 Å². The standard InChI is InChI=1S/C9H20N2O2S/c1-2-11-9(13)8-10-4-7-14-6-3-5-12/h10,12H,2-8H2,1H3,(H,11,13). The molecule has 0 aliphatic rings. The molecule has 0 aliphatic heterocycles. The lowest BCUT2D eigenvalue weighted by atomic mass is 10.5. The Balaban J connectivity index is 3.01. The fraction of sp³-hybridized carbons (Fsp3) is 0.889. The summed E-state index contributed by atoms with van der Waals surface area (Å²) in [5, 5.41) is 14.3. The minimum atomic E-state index is 0.0489. The summed E-state index contributed by atoms with van der Waals surface area (Å²) >= 11 is 1.79. The van der Waals surface area contributed by atoms with Crippen LogP contribution in [0.5, 0.6) is 0 Å². The van der Waals surface area contributed by atoms with Crippen molar-refractivity contribution in [2.24, 2.45) is 0 Å². The van der Waals surface area contributed by atoms with Crippen LogP contribution in [0.15, 0.2) is 0 Å². The van der Waals surface area contributed by atoms with Crippen LogP contribution in [0.1, 0.15) is 13.3 Å². The summed E-state index contributed by atoms with van der Waals surface area (Å²) in [6.07, 6.45) is 0.848. The molecule has 0 fully saturated rings. The third-order valence-electron chi connectivity index (χ3n) is 1.53. The van der Waals surface area contributed by atoms with Crippen LogP contribution in [0.3, 0.4) is 0 Å². The van der Waals surface area contributed by atoms with Gasteiger partial charge in [-0.2, -0.15) is 11.8 Å². The van der Waals surface area contributed by atoms with Gasteiger partial charge in [0.1, 0.15) is 0 Å². The largest absolute Gasteiger partial charge is 0.396 e. The highest BCUT2D eigenvalue weighted by atomic mass is 32.2. The fourth-order valence-corrected chi connectivity index (χ4v) is 1.70. The van der Waals surface area contributed by atoms with Crippen molar-refractivity contribution in [1.29, 1.82) is 0 Å². The van der Waals surface area contributed by atoms with E-state index >= 15 is 0 Å². The van der Waals surface area contributed by atoms with E-state index < -0.39 is 0 Å². The Morgan fingerprint density at radius 2 is 2.21 bits per heavy atom. The highest BCUT2D eigenvalue weighted by Gasteiger charge is 1.96. The highest BCUT2D eigenvalue weighted by molar-refractivity contribution is 7.99. The number of carbonyl (C=O) groups is 1. The lowest BCUT2D eigenvalue weighted by molar-refractivity contribution is -0.120. The third-order valence-corrected chi connectivity index (χ3v) is 2.60. The SMILES string of the molecule is CCNC(=O)CNCCSCCCO. The summed E-state index contributed by atoms with van der Waals surface area (Å²) in [6.45, 7) is 4.09. The van der Waals surface area contributed by atoms with Crippen LogP contribution in [0.25, 0.3) is 0 Å². The van der Waals surface area contributed by atoms with Gasteiger partial charge in [0.2, 0.25) is 5.91 Å². The van der Waals surface area contributed by atoms with Gasteiger partial charge in [-0.05, 0) is 19.1 Å². The second-order valence-electron chi connectivity index (χ2n) is 2.82. The molecule has 14 heavy (non-hydrogen) atoms. The molecule has 0 aliphatic carbocycles.